The molecule has 8 heteroatoms. The lowest BCUT2D eigenvalue weighted by Crippen LogP contribution is -2.26. The standard InChI is InChI=1S/C18H14FN5O2/c19-14-6-11(3-4-12(14)9-20)15-7-13(8-17-21-10-22-24(15)17)23-18(25)16-2-1-5-26-16/h3-4,6-8,10,16H,1-2,5H2,(H,23,25)/t16-/m1/s1. The van der Waals surface area contributed by atoms with E-state index >= 15 is 0 Å². The predicted molar refractivity (Wildman–Crippen MR) is 90.7 cm³/mol. The van der Waals surface area contributed by atoms with Gasteiger partial charge in [0.2, 0.25) is 0 Å². The Balaban J connectivity index is 1.74. The van der Waals surface area contributed by atoms with Gasteiger partial charge in [-0.3, -0.25) is 4.79 Å². The van der Waals surface area contributed by atoms with Gasteiger partial charge in [-0.05, 0) is 31.0 Å². The molecular formula is C18H14FN5O2. The number of hydrogen-bond acceptors (Lipinski definition) is 5. The summed E-state index contributed by atoms with van der Waals surface area (Å²) >= 11 is 0. The van der Waals surface area contributed by atoms with Gasteiger partial charge < -0.3 is 10.1 Å². The van der Waals surface area contributed by atoms with Crippen LogP contribution in [0.5, 0.6) is 0 Å². The Hall–Kier alpha value is -3.31. The largest absolute Gasteiger partial charge is 0.368 e. The summed E-state index contributed by atoms with van der Waals surface area (Å²) in [6.07, 6.45) is 2.47. The van der Waals surface area contributed by atoms with Gasteiger partial charge in [-0.25, -0.2) is 13.9 Å². The first-order chi connectivity index (χ1) is 12.7. The number of nitrogens with zero attached hydrogens (tertiary/aromatic N) is 4. The van der Waals surface area contributed by atoms with E-state index < -0.39 is 11.9 Å². The van der Waals surface area contributed by atoms with Crippen LogP contribution in [-0.2, 0) is 9.53 Å². The highest BCUT2D eigenvalue weighted by Gasteiger charge is 2.24. The van der Waals surface area contributed by atoms with Crippen molar-refractivity contribution in [2.75, 3.05) is 11.9 Å². The number of amides is 1. The van der Waals surface area contributed by atoms with Crippen LogP contribution in [0.3, 0.4) is 0 Å². The zero-order valence-electron chi connectivity index (χ0n) is 13.6. The molecule has 26 heavy (non-hydrogen) atoms. The second kappa shape index (κ2) is 6.54. The van der Waals surface area contributed by atoms with Crippen molar-refractivity contribution in [1.82, 2.24) is 14.6 Å². The number of anilines is 1. The van der Waals surface area contributed by atoms with E-state index in [4.69, 9.17) is 10.00 Å². The van der Waals surface area contributed by atoms with Crippen molar-refractivity contribution < 1.29 is 13.9 Å². The SMILES string of the molecule is N#Cc1ccc(-c2cc(NC(=O)[C@H]3CCCO3)cc3ncnn23)cc1F. The lowest BCUT2D eigenvalue weighted by atomic mass is 10.1. The third-order valence-electron chi connectivity index (χ3n) is 4.25. The Morgan fingerprint density at radius 3 is 3.00 bits per heavy atom. The van der Waals surface area contributed by atoms with Crippen molar-refractivity contribution in [2.24, 2.45) is 0 Å². The van der Waals surface area contributed by atoms with Crippen molar-refractivity contribution in [3.05, 3.63) is 48.0 Å². The Bertz CT molecular complexity index is 1030. The summed E-state index contributed by atoms with van der Waals surface area (Å²) in [6.45, 7) is 0.580. The summed E-state index contributed by atoms with van der Waals surface area (Å²) in [7, 11) is 0. The number of hydrogen-bond donors (Lipinski definition) is 1. The molecule has 0 unspecified atom stereocenters. The average Bonchev–Trinajstić information content (AvgIpc) is 3.32. The van der Waals surface area contributed by atoms with E-state index in [0.717, 1.165) is 6.42 Å². The number of nitriles is 1. The molecule has 1 aliphatic rings. The van der Waals surface area contributed by atoms with Gasteiger partial charge in [-0.15, -0.1) is 0 Å². The molecule has 1 aromatic carbocycles. The first kappa shape index (κ1) is 16.2. The quantitative estimate of drug-likeness (QED) is 0.783. The number of ether oxygens (including phenoxy) is 1. The van der Waals surface area contributed by atoms with Crippen LogP contribution in [0, 0.1) is 17.1 Å². The highest BCUT2D eigenvalue weighted by atomic mass is 19.1. The molecule has 2 aromatic heterocycles. The third kappa shape index (κ3) is 2.89. The lowest BCUT2D eigenvalue weighted by molar-refractivity contribution is -0.124. The normalized spacial score (nSPS) is 16.5. The summed E-state index contributed by atoms with van der Waals surface area (Å²) in [5.74, 6) is -0.838. The monoisotopic (exact) mass is 351 g/mol. The van der Waals surface area contributed by atoms with Gasteiger partial charge in [-0.2, -0.15) is 10.4 Å². The van der Waals surface area contributed by atoms with Gasteiger partial charge in [-0.1, -0.05) is 6.07 Å². The maximum absolute atomic E-state index is 14.0. The molecule has 1 aliphatic heterocycles. The molecule has 3 aromatic rings. The van der Waals surface area contributed by atoms with Crippen LogP contribution in [0.2, 0.25) is 0 Å². The minimum atomic E-state index is -0.618. The summed E-state index contributed by atoms with van der Waals surface area (Å²) in [4.78, 5) is 16.4. The fourth-order valence-corrected chi connectivity index (χ4v) is 2.97. The van der Waals surface area contributed by atoms with Crippen LogP contribution in [-0.4, -0.2) is 33.2 Å². The van der Waals surface area contributed by atoms with Crippen LogP contribution in [0.1, 0.15) is 18.4 Å². The summed E-state index contributed by atoms with van der Waals surface area (Å²) in [6, 6.07) is 9.47. The number of rotatable bonds is 3. The molecule has 4 rings (SSSR count). The van der Waals surface area contributed by atoms with E-state index in [9.17, 15) is 9.18 Å². The Morgan fingerprint density at radius 1 is 1.38 bits per heavy atom. The molecule has 0 aliphatic carbocycles. The number of pyridine rings is 1. The number of nitrogens with one attached hydrogen (secondary N) is 1. The molecule has 1 atom stereocenters. The minimum Gasteiger partial charge on any atom is -0.368 e. The molecule has 1 amide bonds. The molecule has 1 N–H and O–H groups in total. The maximum Gasteiger partial charge on any atom is 0.253 e. The fourth-order valence-electron chi connectivity index (χ4n) is 2.97. The Labute approximate surface area is 148 Å². The van der Waals surface area contributed by atoms with Gasteiger partial charge in [0.25, 0.3) is 5.91 Å². The number of fused-ring (bicyclic) bond motifs is 1. The van der Waals surface area contributed by atoms with Crippen LogP contribution in [0.15, 0.2) is 36.7 Å². The first-order valence-electron chi connectivity index (χ1n) is 8.12. The number of carbonyl (C=O) groups excluding carboxylic acids is 1. The Morgan fingerprint density at radius 2 is 2.27 bits per heavy atom. The van der Waals surface area contributed by atoms with Crippen molar-refractivity contribution in [1.29, 1.82) is 5.26 Å². The van der Waals surface area contributed by atoms with Crippen LogP contribution >= 0.6 is 0 Å². The van der Waals surface area contributed by atoms with Crippen molar-refractivity contribution in [2.45, 2.75) is 18.9 Å². The zero-order valence-corrected chi connectivity index (χ0v) is 13.6. The lowest BCUT2D eigenvalue weighted by Gasteiger charge is -2.12. The predicted octanol–water partition coefficient (Wildman–Crippen LogP) is 2.52. The van der Waals surface area contributed by atoms with E-state index in [-0.39, 0.29) is 11.5 Å². The summed E-state index contributed by atoms with van der Waals surface area (Å²) < 4.78 is 21.0. The van der Waals surface area contributed by atoms with Gasteiger partial charge in [0, 0.05) is 23.9 Å². The number of halogens is 1. The zero-order chi connectivity index (χ0) is 18.1. The Kier molecular flexibility index (Phi) is 4.07. The molecule has 130 valence electrons. The summed E-state index contributed by atoms with van der Waals surface area (Å²) in [5, 5.41) is 15.9. The highest BCUT2D eigenvalue weighted by Crippen LogP contribution is 2.26. The molecule has 0 bridgehead atoms. The number of benzene rings is 1. The van der Waals surface area contributed by atoms with Gasteiger partial charge in [0.05, 0.1) is 11.3 Å². The molecule has 3 heterocycles. The van der Waals surface area contributed by atoms with Crippen LogP contribution in [0.25, 0.3) is 16.9 Å². The van der Waals surface area contributed by atoms with Gasteiger partial charge in [0.15, 0.2) is 5.65 Å². The average molecular weight is 351 g/mol. The molecule has 0 radical (unpaired) electrons. The second-order valence-electron chi connectivity index (χ2n) is 5.96. The van der Waals surface area contributed by atoms with Crippen molar-refractivity contribution in [3.8, 4) is 17.3 Å². The second-order valence-corrected chi connectivity index (χ2v) is 5.96. The minimum absolute atomic E-state index is 0.0357. The maximum atomic E-state index is 14.0. The third-order valence-corrected chi connectivity index (χ3v) is 4.25. The summed E-state index contributed by atoms with van der Waals surface area (Å²) in [5.41, 5.74) is 2.06. The molecule has 7 nitrogen and oxygen atoms in total. The van der Waals surface area contributed by atoms with E-state index in [1.54, 1.807) is 28.8 Å². The highest BCUT2D eigenvalue weighted by molar-refractivity contribution is 5.95. The first-order valence-corrected chi connectivity index (χ1v) is 8.12. The molecule has 1 saturated heterocycles. The van der Waals surface area contributed by atoms with E-state index in [1.807, 2.05) is 0 Å². The van der Waals surface area contributed by atoms with E-state index in [0.29, 0.717) is 35.6 Å². The van der Waals surface area contributed by atoms with Crippen LogP contribution in [0.4, 0.5) is 10.1 Å². The van der Waals surface area contributed by atoms with Gasteiger partial charge in [0.1, 0.15) is 24.3 Å². The fraction of sp³-hybridized carbons (Fsp3) is 0.222. The number of carbonyl (C=O) groups is 1. The number of aromatic nitrogens is 3. The van der Waals surface area contributed by atoms with Crippen molar-refractivity contribution >= 4 is 17.2 Å². The van der Waals surface area contributed by atoms with Gasteiger partial charge >= 0.3 is 0 Å². The topological polar surface area (TPSA) is 92.3 Å². The van der Waals surface area contributed by atoms with Crippen molar-refractivity contribution in [3.63, 3.8) is 0 Å². The molecular weight excluding hydrogens is 337 g/mol. The molecule has 1 fully saturated rings. The van der Waals surface area contributed by atoms with E-state index in [1.165, 1.54) is 18.5 Å². The van der Waals surface area contributed by atoms with E-state index in [2.05, 4.69) is 15.4 Å². The molecule has 0 spiro atoms. The molecule has 0 saturated carbocycles. The van der Waals surface area contributed by atoms with Crippen LogP contribution < -0.4 is 5.32 Å². The smallest absolute Gasteiger partial charge is 0.253 e.